The van der Waals surface area contributed by atoms with Crippen molar-refractivity contribution in [1.82, 2.24) is 0 Å². The molecule has 2 aromatic rings. The molecule has 1 amide bonds. The van der Waals surface area contributed by atoms with Crippen LogP contribution < -0.4 is 14.8 Å². The van der Waals surface area contributed by atoms with Crippen LogP contribution in [-0.2, 0) is 4.74 Å². The highest BCUT2D eigenvalue weighted by atomic mass is 16.6. The number of nitrogens with one attached hydrogen (secondary N) is 1. The average molecular weight is 343 g/mol. The van der Waals surface area contributed by atoms with Crippen LogP contribution in [0.1, 0.15) is 31.1 Å². The smallest absolute Gasteiger partial charge is 0.412 e. The van der Waals surface area contributed by atoms with Crippen LogP contribution in [0.2, 0.25) is 0 Å². The fourth-order valence-electron chi connectivity index (χ4n) is 1.92. The molecule has 2 aromatic carbocycles. The minimum atomic E-state index is -0.572. The van der Waals surface area contributed by atoms with Crippen molar-refractivity contribution in [3.05, 3.63) is 54.1 Å². The molecule has 0 aromatic heterocycles. The third-order valence-corrected chi connectivity index (χ3v) is 3.04. The van der Waals surface area contributed by atoms with Gasteiger partial charge in [-0.25, -0.2) is 9.59 Å². The van der Waals surface area contributed by atoms with E-state index in [-0.39, 0.29) is 0 Å². The Labute approximate surface area is 146 Å². The first-order chi connectivity index (χ1) is 11.8. The minimum Gasteiger partial charge on any atom is -0.497 e. The van der Waals surface area contributed by atoms with Gasteiger partial charge in [0, 0.05) is 5.69 Å². The van der Waals surface area contributed by atoms with Crippen molar-refractivity contribution in [3.63, 3.8) is 0 Å². The number of hydrogen-bond donors (Lipinski definition) is 1. The van der Waals surface area contributed by atoms with E-state index in [0.717, 1.165) is 0 Å². The first-order valence-electron chi connectivity index (χ1n) is 7.73. The van der Waals surface area contributed by atoms with Crippen molar-refractivity contribution in [2.75, 3.05) is 12.4 Å². The second-order valence-corrected chi connectivity index (χ2v) is 6.27. The summed E-state index contributed by atoms with van der Waals surface area (Å²) in [4.78, 5) is 23.8. The number of ether oxygens (including phenoxy) is 3. The Kier molecular flexibility index (Phi) is 5.64. The second-order valence-electron chi connectivity index (χ2n) is 6.27. The molecule has 132 valence electrons. The summed E-state index contributed by atoms with van der Waals surface area (Å²) in [5, 5.41) is 2.61. The number of rotatable bonds is 4. The van der Waals surface area contributed by atoms with Crippen LogP contribution in [0, 0.1) is 0 Å². The quantitative estimate of drug-likeness (QED) is 0.663. The standard InChI is InChI=1S/C19H21NO5/c1-19(2,3)25-18(22)20-14-7-11-16(12-8-14)24-17(21)13-5-9-15(23-4)10-6-13/h5-12H,1-4H3,(H,20,22). The first kappa shape index (κ1) is 18.3. The first-order valence-corrected chi connectivity index (χ1v) is 7.73. The molecule has 25 heavy (non-hydrogen) atoms. The molecule has 0 unspecified atom stereocenters. The Morgan fingerprint density at radius 2 is 1.44 bits per heavy atom. The van der Waals surface area contributed by atoms with Gasteiger partial charge in [-0.1, -0.05) is 0 Å². The van der Waals surface area contributed by atoms with Crippen LogP contribution in [0.15, 0.2) is 48.5 Å². The number of esters is 1. The Balaban J connectivity index is 1.95. The van der Waals surface area contributed by atoms with Crippen LogP contribution in [0.25, 0.3) is 0 Å². The average Bonchev–Trinajstić information content (AvgIpc) is 2.55. The van der Waals surface area contributed by atoms with E-state index in [9.17, 15) is 9.59 Å². The third-order valence-electron chi connectivity index (χ3n) is 3.04. The topological polar surface area (TPSA) is 73.9 Å². The number of carbonyl (C=O) groups excluding carboxylic acids is 2. The van der Waals surface area contributed by atoms with E-state index in [4.69, 9.17) is 14.2 Å². The predicted octanol–water partition coefficient (Wildman–Crippen LogP) is 4.26. The maximum Gasteiger partial charge on any atom is 0.412 e. The molecule has 1 N–H and O–H groups in total. The van der Waals surface area contributed by atoms with Gasteiger partial charge in [0.2, 0.25) is 0 Å². The molecule has 2 rings (SSSR count). The van der Waals surface area contributed by atoms with E-state index in [2.05, 4.69) is 5.32 Å². The molecule has 6 heteroatoms. The largest absolute Gasteiger partial charge is 0.497 e. The van der Waals surface area contributed by atoms with Crippen LogP contribution in [0.3, 0.4) is 0 Å². The molecule has 0 radical (unpaired) electrons. The molecule has 0 fully saturated rings. The summed E-state index contributed by atoms with van der Waals surface area (Å²) in [5.74, 6) is 0.556. The van der Waals surface area contributed by atoms with Gasteiger partial charge in [-0.05, 0) is 69.3 Å². The van der Waals surface area contributed by atoms with Crippen LogP contribution in [-0.4, -0.2) is 24.8 Å². The van der Waals surface area contributed by atoms with Gasteiger partial charge in [0.1, 0.15) is 17.1 Å². The zero-order chi connectivity index (χ0) is 18.4. The fourth-order valence-corrected chi connectivity index (χ4v) is 1.92. The maximum atomic E-state index is 12.1. The van der Waals surface area contributed by atoms with Gasteiger partial charge in [-0.15, -0.1) is 0 Å². The van der Waals surface area contributed by atoms with Gasteiger partial charge in [-0.2, -0.15) is 0 Å². The van der Waals surface area contributed by atoms with Crippen LogP contribution >= 0.6 is 0 Å². The lowest BCUT2D eigenvalue weighted by Crippen LogP contribution is -2.27. The Morgan fingerprint density at radius 1 is 0.880 bits per heavy atom. The van der Waals surface area contributed by atoms with Gasteiger partial charge in [0.05, 0.1) is 12.7 Å². The molecule has 0 saturated carbocycles. The lowest BCUT2D eigenvalue weighted by Gasteiger charge is -2.19. The Morgan fingerprint density at radius 3 is 1.96 bits per heavy atom. The van der Waals surface area contributed by atoms with Gasteiger partial charge in [0.15, 0.2) is 0 Å². The number of anilines is 1. The molecule has 0 aliphatic rings. The molecule has 0 heterocycles. The molecule has 0 atom stereocenters. The summed E-state index contributed by atoms with van der Waals surface area (Å²) < 4.78 is 15.5. The monoisotopic (exact) mass is 343 g/mol. The van der Waals surface area contributed by atoms with E-state index in [1.807, 2.05) is 0 Å². The van der Waals surface area contributed by atoms with E-state index in [1.54, 1.807) is 76.4 Å². The molecule has 0 aliphatic carbocycles. The molecular formula is C19H21NO5. The number of hydrogen-bond acceptors (Lipinski definition) is 5. The van der Waals surface area contributed by atoms with E-state index in [1.165, 1.54) is 0 Å². The van der Waals surface area contributed by atoms with Gasteiger partial charge in [-0.3, -0.25) is 5.32 Å². The zero-order valence-corrected chi connectivity index (χ0v) is 14.7. The Bertz CT molecular complexity index is 730. The van der Waals surface area contributed by atoms with E-state index >= 15 is 0 Å². The Hall–Kier alpha value is -3.02. The number of benzene rings is 2. The summed E-state index contributed by atoms with van der Waals surface area (Å²) in [6.07, 6.45) is -0.546. The van der Waals surface area contributed by atoms with Crippen molar-refractivity contribution in [2.24, 2.45) is 0 Å². The summed E-state index contributed by atoms with van der Waals surface area (Å²) >= 11 is 0. The zero-order valence-electron chi connectivity index (χ0n) is 14.7. The summed E-state index contributed by atoms with van der Waals surface area (Å²) in [7, 11) is 1.56. The highest BCUT2D eigenvalue weighted by molar-refractivity contribution is 5.91. The molecular weight excluding hydrogens is 322 g/mol. The lowest BCUT2D eigenvalue weighted by atomic mass is 10.2. The van der Waals surface area contributed by atoms with Crippen molar-refractivity contribution in [1.29, 1.82) is 0 Å². The fraction of sp³-hybridized carbons (Fsp3) is 0.263. The number of carbonyl (C=O) groups is 2. The van der Waals surface area contributed by atoms with Crippen molar-refractivity contribution in [2.45, 2.75) is 26.4 Å². The number of amides is 1. The van der Waals surface area contributed by atoms with Crippen molar-refractivity contribution < 1.29 is 23.8 Å². The number of methoxy groups -OCH3 is 1. The molecule has 6 nitrogen and oxygen atoms in total. The molecule has 0 spiro atoms. The molecule has 0 aliphatic heterocycles. The maximum absolute atomic E-state index is 12.1. The summed E-state index contributed by atoms with van der Waals surface area (Å²) in [6.45, 7) is 5.36. The lowest BCUT2D eigenvalue weighted by molar-refractivity contribution is 0.0634. The highest BCUT2D eigenvalue weighted by Crippen LogP contribution is 2.19. The van der Waals surface area contributed by atoms with E-state index in [0.29, 0.717) is 22.7 Å². The van der Waals surface area contributed by atoms with Crippen LogP contribution in [0.5, 0.6) is 11.5 Å². The van der Waals surface area contributed by atoms with Crippen LogP contribution in [0.4, 0.5) is 10.5 Å². The highest BCUT2D eigenvalue weighted by Gasteiger charge is 2.16. The van der Waals surface area contributed by atoms with E-state index < -0.39 is 17.7 Å². The predicted molar refractivity (Wildman–Crippen MR) is 94.3 cm³/mol. The molecule has 0 bridgehead atoms. The van der Waals surface area contributed by atoms with Gasteiger partial charge < -0.3 is 14.2 Å². The minimum absolute atomic E-state index is 0.371. The normalized spacial score (nSPS) is 10.7. The second kappa shape index (κ2) is 7.70. The van der Waals surface area contributed by atoms with Crippen molar-refractivity contribution >= 4 is 17.7 Å². The van der Waals surface area contributed by atoms with Gasteiger partial charge >= 0.3 is 12.1 Å². The SMILES string of the molecule is COc1ccc(C(=O)Oc2ccc(NC(=O)OC(C)(C)C)cc2)cc1. The summed E-state index contributed by atoms with van der Waals surface area (Å²) in [6, 6.07) is 13.1. The molecule has 0 saturated heterocycles. The summed E-state index contributed by atoms with van der Waals surface area (Å²) in [5.41, 5.74) is 0.382. The third kappa shape index (κ3) is 5.84. The van der Waals surface area contributed by atoms with Gasteiger partial charge in [0.25, 0.3) is 0 Å². The van der Waals surface area contributed by atoms with Crippen molar-refractivity contribution in [3.8, 4) is 11.5 Å².